The van der Waals surface area contributed by atoms with E-state index in [9.17, 15) is 0 Å². The maximum atomic E-state index is 6.28. The van der Waals surface area contributed by atoms with Gasteiger partial charge in [0, 0.05) is 6.54 Å². The molecular formula is C22H34N4OS. The fraction of sp³-hybridized carbons (Fsp3) is 0.545. The molecule has 0 saturated carbocycles. The molecule has 1 atom stereocenters. The summed E-state index contributed by atoms with van der Waals surface area (Å²) in [6.07, 6.45) is 10.2. The molecule has 1 aliphatic rings. The van der Waals surface area contributed by atoms with Crippen molar-refractivity contribution in [2.75, 3.05) is 18.2 Å². The van der Waals surface area contributed by atoms with E-state index < -0.39 is 0 Å². The third-order valence-corrected chi connectivity index (χ3v) is 5.06. The van der Waals surface area contributed by atoms with E-state index in [1.807, 2.05) is 36.4 Å². The lowest BCUT2D eigenvalue weighted by Gasteiger charge is -2.29. The van der Waals surface area contributed by atoms with Gasteiger partial charge in [0.15, 0.2) is 0 Å². The van der Waals surface area contributed by atoms with E-state index in [1.165, 1.54) is 25.7 Å². The van der Waals surface area contributed by atoms with Gasteiger partial charge in [0.05, 0.1) is 23.2 Å². The number of hydrogen-bond donors (Lipinski definition) is 2. The quantitative estimate of drug-likeness (QED) is 0.383. The monoisotopic (exact) mass is 402 g/mol. The molecule has 5 nitrogen and oxygen atoms in total. The molecule has 0 bridgehead atoms. The second-order valence-corrected chi connectivity index (χ2v) is 7.50. The molecule has 0 saturated heterocycles. The van der Waals surface area contributed by atoms with Crippen molar-refractivity contribution in [3.05, 3.63) is 42.3 Å². The Bertz CT molecular complexity index is 660. The van der Waals surface area contributed by atoms with E-state index in [0.717, 1.165) is 31.5 Å². The standard InChI is InChI=1S/C22H34N4OS/c1-3-5-7-8-12-15-24-22(28)19-17-20(27-16-6-4-2)26(25-21(19)23)18-13-10-9-11-14-18/h9-11,13-14,17,19H,3-8,12,15-16H2,1-2H3,(H2,23,25)(H,24,28). The smallest absolute Gasteiger partial charge is 0.212 e. The number of anilines is 1. The lowest BCUT2D eigenvalue weighted by Crippen LogP contribution is -2.42. The number of hydrazone groups is 1. The van der Waals surface area contributed by atoms with Gasteiger partial charge in [-0.25, -0.2) is 0 Å². The number of ether oxygens (including phenoxy) is 1. The van der Waals surface area contributed by atoms with Gasteiger partial charge < -0.3 is 15.8 Å². The van der Waals surface area contributed by atoms with Crippen molar-refractivity contribution >= 4 is 28.7 Å². The lowest BCUT2D eigenvalue weighted by atomic mass is 10.1. The predicted molar refractivity (Wildman–Crippen MR) is 122 cm³/mol. The Morgan fingerprint density at radius 2 is 1.82 bits per heavy atom. The zero-order valence-corrected chi connectivity index (χ0v) is 18.0. The van der Waals surface area contributed by atoms with E-state index in [-0.39, 0.29) is 5.92 Å². The van der Waals surface area contributed by atoms with Gasteiger partial charge in [-0.3, -0.25) is 0 Å². The normalized spacial score (nSPS) is 16.4. The summed E-state index contributed by atoms with van der Waals surface area (Å²) in [6.45, 7) is 5.88. The maximum absolute atomic E-state index is 6.28. The summed E-state index contributed by atoms with van der Waals surface area (Å²) in [6, 6.07) is 9.90. The molecule has 0 aliphatic carbocycles. The molecule has 0 radical (unpaired) electrons. The summed E-state index contributed by atoms with van der Waals surface area (Å²) >= 11 is 5.60. The van der Waals surface area contributed by atoms with Crippen LogP contribution in [0.5, 0.6) is 0 Å². The van der Waals surface area contributed by atoms with Crippen LogP contribution in [0.25, 0.3) is 0 Å². The van der Waals surface area contributed by atoms with Crippen molar-refractivity contribution in [3.8, 4) is 0 Å². The van der Waals surface area contributed by atoms with Gasteiger partial charge in [-0.15, -0.1) is 0 Å². The number of nitrogens with one attached hydrogen (secondary N) is 1. The highest BCUT2D eigenvalue weighted by Crippen LogP contribution is 2.26. The zero-order valence-electron chi connectivity index (χ0n) is 17.2. The van der Waals surface area contributed by atoms with Gasteiger partial charge >= 0.3 is 0 Å². The van der Waals surface area contributed by atoms with Crippen molar-refractivity contribution in [1.29, 1.82) is 0 Å². The van der Waals surface area contributed by atoms with Crippen LogP contribution in [0.4, 0.5) is 5.69 Å². The molecule has 0 spiro atoms. The van der Waals surface area contributed by atoms with E-state index in [1.54, 1.807) is 5.01 Å². The molecule has 6 heteroatoms. The minimum absolute atomic E-state index is 0.234. The molecule has 1 aromatic rings. The lowest BCUT2D eigenvalue weighted by molar-refractivity contribution is 0.197. The second kappa shape index (κ2) is 12.4. The number of thiocarbonyl (C=S) groups is 1. The van der Waals surface area contributed by atoms with Crippen molar-refractivity contribution < 1.29 is 4.74 Å². The minimum Gasteiger partial charge on any atom is -0.478 e. The van der Waals surface area contributed by atoms with E-state index >= 15 is 0 Å². The first-order valence-electron chi connectivity index (χ1n) is 10.5. The van der Waals surface area contributed by atoms with Crippen LogP contribution in [-0.4, -0.2) is 24.0 Å². The van der Waals surface area contributed by atoms with Crippen molar-refractivity contribution in [2.24, 2.45) is 16.8 Å². The summed E-state index contributed by atoms with van der Waals surface area (Å²) in [4.78, 5) is 0.709. The second-order valence-electron chi connectivity index (χ2n) is 7.06. The van der Waals surface area contributed by atoms with Crippen LogP contribution in [-0.2, 0) is 4.74 Å². The third kappa shape index (κ3) is 6.82. The highest BCUT2D eigenvalue weighted by molar-refractivity contribution is 7.80. The minimum atomic E-state index is -0.234. The number of benzene rings is 1. The number of unbranched alkanes of at least 4 members (excludes halogenated alkanes) is 5. The molecular weight excluding hydrogens is 368 g/mol. The molecule has 28 heavy (non-hydrogen) atoms. The first-order valence-corrected chi connectivity index (χ1v) is 10.9. The van der Waals surface area contributed by atoms with Gasteiger partial charge in [0.1, 0.15) is 5.84 Å². The van der Waals surface area contributed by atoms with Crippen LogP contribution in [0, 0.1) is 5.92 Å². The summed E-state index contributed by atoms with van der Waals surface area (Å²) in [7, 11) is 0. The number of rotatable bonds is 12. The topological polar surface area (TPSA) is 62.9 Å². The number of para-hydroxylation sites is 1. The maximum Gasteiger partial charge on any atom is 0.212 e. The number of amidine groups is 1. The molecule has 0 amide bonds. The average molecular weight is 403 g/mol. The Morgan fingerprint density at radius 1 is 1.11 bits per heavy atom. The number of nitrogens with two attached hydrogens (primary N) is 1. The Labute approximate surface area is 175 Å². The van der Waals surface area contributed by atoms with Crippen molar-refractivity contribution in [1.82, 2.24) is 5.32 Å². The molecule has 0 aromatic heterocycles. The molecule has 3 N–H and O–H groups in total. The SMILES string of the molecule is CCCCCCCNC(=S)C1C=C(OCCCC)N(c2ccccc2)N=C1N. The summed E-state index contributed by atoms with van der Waals surface area (Å²) < 4.78 is 6.03. The first-order chi connectivity index (χ1) is 13.7. The van der Waals surface area contributed by atoms with Gasteiger partial charge in [-0.2, -0.15) is 10.1 Å². The Morgan fingerprint density at radius 3 is 2.54 bits per heavy atom. The predicted octanol–water partition coefficient (Wildman–Crippen LogP) is 4.94. The Balaban J connectivity index is 2.02. The Kier molecular flexibility index (Phi) is 9.83. The molecule has 1 heterocycles. The van der Waals surface area contributed by atoms with Crippen LogP contribution in [0.3, 0.4) is 0 Å². The molecule has 0 fully saturated rings. The molecule has 1 unspecified atom stereocenters. The molecule has 2 rings (SSSR count). The highest BCUT2D eigenvalue weighted by atomic mass is 32.1. The third-order valence-electron chi connectivity index (χ3n) is 4.66. The average Bonchev–Trinajstić information content (AvgIpc) is 2.72. The zero-order chi connectivity index (χ0) is 20.2. The molecule has 1 aromatic carbocycles. The highest BCUT2D eigenvalue weighted by Gasteiger charge is 2.27. The first kappa shape index (κ1) is 22.2. The number of hydrogen-bond acceptors (Lipinski definition) is 5. The summed E-state index contributed by atoms with van der Waals surface area (Å²) in [5.41, 5.74) is 7.19. The van der Waals surface area contributed by atoms with Crippen LogP contribution < -0.4 is 16.1 Å². The van der Waals surface area contributed by atoms with E-state index in [2.05, 4.69) is 24.3 Å². The van der Waals surface area contributed by atoms with Crippen molar-refractivity contribution in [2.45, 2.75) is 58.8 Å². The van der Waals surface area contributed by atoms with Crippen molar-refractivity contribution in [3.63, 3.8) is 0 Å². The number of nitrogens with zero attached hydrogens (tertiary/aromatic N) is 2. The van der Waals surface area contributed by atoms with Crippen LogP contribution >= 0.6 is 12.2 Å². The fourth-order valence-corrected chi connectivity index (χ4v) is 3.26. The summed E-state index contributed by atoms with van der Waals surface area (Å²) in [5, 5.41) is 9.70. The van der Waals surface area contributed by atoms with E-state index in [0.29, 0.717) is 23.3 Å². The van der Waals surface area contributed by atoms with Gasteiger partial charge in [-0.05, 0) is 31.1 Å². The fourth-order valence-electron chi connectivity index (χ4n) is 2.97. The van der Waals surface area contributed by atoms with Crippen LogP contribution in [0.15, 0.2) is 47.4 Å². The summed E-state index contributed by atoms with van der Waals surface area (Å²) in [5.74, 6) is 0.934. The van der Waals surface area contributed by atoms with Gasteiger partial charge in [-0.1, -0.05) is 76.4 Å². The molecule has 1 aliphatic heterocycles. The van der Waals surface area contributed by atoms with Gasteiger partial charge in [0.25, 0.3) is 0 Å². The van der Waals surface area contributed by atoms with E-state index in [4.69, 9.17) is 22.7 Å². The van der Waals surface area contributed by atoms with Crippen LogP contribution in [0.2, 0.25) is 0 Å². The Hall–Kier alpha value is -2.08. The van der Waals surface area contributed by atoms with Crippen LogP contribution in [0.1, 0.15) is 58.8 Å². The largest absolute Gasteiger partial charge is 0.478 e. The van der Waals surface area contributed by atoms with Gasteiger partial charge in [0.2, 0.25) is 5.88 Å². The molecule has 154 valence electrons.